The summed E-state index contributed by atoms with van der Waals surface area (Å²) in [5, 5.41) is 4.08. The van der Waals surface area contributed by atoms with Crippen molar-refractivity contribution in [3.8, 4) is 0 Å². The Morgan fingerprint density at radius 3 is 2.60 bits per heavy atom. The normalized spacial score (nSPS) is 20.7. The summed E-state index contributed by atoms with van der Waals surface area (Å²) >= 11 is 0. The molecular weight excluding hydrogens is 314 g/mol. The van der Waals surface area contributed by atoms with Crippen molar-refractivity contribution in [3.05, 3.63) is 52.4 Å². The molecule has 2 aliphatic rings. The van der Waals surface area contributed by atoms with Gasteiger partial charge in [-0.05, 0) is 44.2 Å². The summed E-state index contributed by atoms with van der Waals surface area (Å²) in [5.74, 6) is 1.13. The monoisotopic (exact) mass is 339 g/mol. The third kappa shape index (κ3) is 3.09. The molecule has 0 aliphatic carbocycles. The number of aromatic nitrogens is 1. The fourth-order valence-electron chi connectivity index (χ4n) is 4.07. The minimum Gasteiger partial charge on any atom is -0.361 e. The second-order valence-electron chi connectivity index (χ2n) is 7.23. The van der Waals surface area contributed by atoms with Gasteiger partial charge in [0, 0.05) is 31.7 Å². The van der Waals surface area contributed by atoms with E-state index in [1.807, 2.05) is 18.7 Å². The first-order valence-electron chi connectivity index (χ1n) is 9.15. The molecular formula is C20H25N3O2. The van der Waals surface area contributed by atoms with Gasteiger partial charge >= 0.3 is 0 Å². The molecule has 4 rings (SSSR count). The molecule has 1 fully saturated rings. The molecule has 1 atom stereocenters. The molecule has 1 saturated heterocycles. The lowest BCUT2D eigenvalue weighted by Gasteiger charge is -2.37. The smallest absolute Gasteiger partial charge is 0.240 e. The number of carbonyl (C=O) groups is 1. The van der Waals surface area contributed by atoms with Gasteiger partial charge in [0.05, 0.1) is 11.7 Å². The van der Waals surface area contributed by atoms with Gasteiger partial charge in [-0.15, -0.1) is 0 Å². The van der Waals surface area contributed by atoms with Gasteiger partial charge in [-0.25, -0.2) is 0 Å². The van der Waals surface area contributed by atoms with Crippen LogP contribution in [0.3, 0.4) is 0 Å². The summed E-state index contributed by atoms with van der Waals surface area (Å²) in [5.41, 5.74) is 4.65. The Labute approximate surface area is 148 Å². The summed E-state index contributed by atoms with van der Waals surface area (Å²) in [7, 11) is 0. The van der Waals surface area contributed by atoms with Crippen LogP contribution in [0.15, 0.2) is 28.8 Å². The van der Waals surface area contributed by atoms with Crippen molar-refractivity contribution in [3.63, 3.8) is 0 Å². The standard InChI is InChI=1S/C20H25N3O2/c1-14-18(15(2)25-21-14)13-23-12-17-8-4-3-7-16(17)11-19(23)20(24)22-9-5-6-10-22/h3-4,7-8,19H,5-6,9-13H2,1-2H3. The molecule has 1 unspecified atom stereocenters. The second kappa shape index (κ2) is 6.64. The average Bonchev–Trinajstić information content (AvgIpc) is 3.26. The minimum atomic E-state index is -0.0956. The number of benzene rings is 1. The maximum Gasteiger partial charge on any atom is 0.240 e. The fraction of sp³-hybridized carbons (Fsp3) is 0.500. The van der Waals surface area contributed by atoms with Gasteiger partial charge in [-0.3, -0.25) is 9.69 Å². The Morgan fingerprint density at radius 1 is 1.20 bits per heavy atom. The Kier molecular flexibility index (Phi) is 4.34. The molecule has 1 amide bonds. The molecule has 0 saturated carbocycles. The number of amides is 1. The maximum absolute atomic E-state index is 13.2. The zero-order valence-electron chi connectivity index (χ0n) is 15.0. The lowest BCUT2D eigenvalue weighted by atomic mass is 9.92. The van der Waals surface area contributed by atoms with E-state index in [9.17, 15) is 4.79 Å². The molecule has 1 aromatic carbocycles. The molecule has 0 radical (unpaired) electrons. The number of likely N-dealkylation sites (tertiary alicyclic amines) is 1. The van der Waals surface area contributed by atoms with E-state index in [-0.39, 0.29) is 11.9 Å². The number of aryl methyl sites for hydroxylation is 2. The third-order valence-corrected chi connectivity index (χ3v) is 5.59. The highest BCUT2D eigenvalue weighted by Gasteiger charge is 2.35. The largest absolute Gasteiger partial charge is 0.361 e. The summed E-state index contributed by atoms with van der Waals surface area (Å²) in [4.78, 5) is 17.5. The van der Waals surface area contributed by atoms with Crippen LogP contribution < -0.4 is 0 Å². The highest BCUT2D eigenvalue weighted by molar-refractivity contribution is 5.83. The number of carbonyl (C=O) groups excluding carboxylic acids is 1. The number of hydrogen-bond donors (Lipinski definition) is 0. The summed E-state index contributed by atoms with van der Waals surface area (Å²) < 4.78 is 5.33. The molecule has 2 aliphatic heterocycles. The van der Waals surface area contributed by atoms with Crippen LogP contribution in [0, 0.1) is 13.8 Å². The molecule has 25 heavy (non-hydrogen) atoms. The first kappa shape index (κ1) is 16.3. The average molecular weight is 339 g/mol. The van der Waals surface area contributed by atoms with E-state index in [4.69, 9.17) is 4.52 Å². The topological polar surface area (TPSA) is 49.6 Å². The molecule has 5 nitrogen and oxygen atoms in total. The number of nitrogens with zero attached hydrogens (tertiary/aromatic N) is 3. The fourth-order valence-corrected chi connectivity index (χ4v) is 4.07. The van der Waals surface area contributed by atoms with Crippen molar-refractivity contribution in [2.75, 3.05) is 13.1 Å². The summed E-state index contributed by atoms with van der Waals surface area (Å²) in [6.07, 6.45) is 3.03. The minimum absolute atomic E-state index is 0.0956. The highest BCUT2D eigenvalue weighted by Crippen LogP contribution is 2.28. The van der Waals surface area contributed by atoms with E-state index in [0.29, 0.717) is 6.54 Å². The van der Waals surface area contributed by atoms with Gasteiger partial charge in [-0.1, -0.05) is 29.4 Å². The molecule has 132 valence electrons. The summed E-state index contributed by atoms with van der Waals surface area (Å²) in [6, 6.07) is 8.39. The zero-order valence-corrected chi connectivity index (χ0v) is 15.0. The van der Waals surface area contributed by atoms with Crippen molar-refractivity contribution >= 4 is 5.91 Å². The molecule has 5 heteroatoms. The van der Waals surface area contributed by atoms with Crippen molar-refractivity contribution in [1.82, 2.24) is 15.0 Å². The van der Waals surface area contributed by atoms with Gasteiger partial charge in [-0.2, -0.15) is 0 Å². The Bertz CT molecular complexity index is 757. The maximum atomic E-state index is 13.2. The van der Waals surface area contributed by atoms with Crippen LogP contribution in [0.5, 0.6) is 0 Å². The predicted octanol–water partition coefficient (Wildman–Crippen LogP) is 2.84. The number of rotatable bonds is 3. The van der Waals surface area contributed by atoms with Crippen LogP contribution in [-0.2, 0) is 24.3 Å². The van der Waals surface area contributed by atoms with Gasteiger partial charge in [0.1, 0.15) is 5.76 Å². The van der Waals surface area contributed by atoms with E-state index in [0.717, 1.165) is 55.9 Å². The molecule has 3 heterocycles. The quantitative estimate of drug-likeness (QED) is 0.863. The van der Waals surface area contributed by atoms with Crippen molar-refractivity contribution in [2.24, 2.45) is 0 Å². The van der Waals surface area contributed by atoms with Crippen molar-refractivity contribution < 1.29 is 9.32 Å². The molecule has 0 spiro atoms. The van der Waals surface area contributed by atoms with Crippen LogP contribution in [0.4, 0.5) is 0 Å². The zero-order chi connectivity index (χ0) is 17.4. The van der Waals surface area contributed by atoms with Gasteiger partial charge in [0.2, 0.25) is 5.91 Å². The van der Waals surface area contributed by atoms with Crippen LogP contribution in [0.2, 0.25) is 0 Å². The first-order chi connectivity index (χ1) is 12.1. The summed E-state index contributed by atoms with van der Waals surface area (Å²) in [6.45, 7) is 7.22. The Balaban J connectivity index is 1.64. The molecule has 0 N–H and O–H groups in total. The van der Waals surface area contributed by atoms with Crippen LogP contribution in [0.1, 0.15) is 41.0 Å². The lowest BCUT2D eigenvalue weighted by Crippen LogP contribution is -2.50. The highest BCUT2D eigenvalue weighted by atomic mass is 16.5. The predicted molar refractivity (Wildman–Crippen MR) is 95.0 cm³/mol. The van der Waals surface area contributed by atoms with Crippen molar-refractivity contribution in [1.29, 1.82) is 0 Å². The second-order valence-corrected chi connectivity index (χ2v) is 7.23. The molecule has 0 bridgehead atoms. The van der Waals surface area contributed by atoms with Gasteiger partial charge in [0.25, 0.3) is 0 Å². The van der Waals surface area contributed by atoms with Crippen molar-refractivity contribution in [2.45, 2.75) is 52.2 Å². The first-order valence-corrected chi connectivity index (χ1v) is 9.15. The van der Waals surface area contributed by atoms with E-state index >= 15 is 0 Å². The molecule has 2 aromatic rings. The van der Waals surface area contributed by atoms with Gasteiger partial charge < -0.3 is 9.42 Å². The van der Waals surface area contributed by atoms with E-state index in [1.54, 1.807) is 0 Å². The van der Waals surface area contributed by atoms with Crippen LogP contribution in [-0.4, -0.2) is 40.0 Å². The number of fused-ring (bicyclic) bond motifs is 1. The van der Waals surface area contributed by atoms with Crippen LogP contribution >= 0.6 is 0 Å². The van der Waals surface area contributed by atoms with Gasteiger partial charge in [0.15, 0.2) is 0 Å². The Hall–Kier alpha value is -2.14. The SMILES string of the molecule is Cc1noc(C)c1CN1Cc2ccccc2CC1C(=O)N1CCCC1. The number of hydrogen-bond acceptors (Lipinski definition) is 4. The van der Waals surface area contributed by atoms with E-state index in [1.165, 1.54) is 11.1 Å². The van der Waals surface area contributed by atoms with Crippen LogP contribution in [0.25, 0.3) is 0 Å². The molecule has 1 aromatic heterocycles. The van der Waals surface area contributed by atoms with E-state index in [2.05, 4.69) is 34.3 Å². The van der Waals surface area contributed by atoms with E-state index < -0.39 is 0 Å². The third-order valence-electron chi connectivity index (χ3n) is 5.59. The lowest BCUT2D eigenvalue weighted by molar-refractivity contribution is -0.136. The Morgan fingerprint density at radius 2 is 1.92 bits per heavy atom.